The van der Waals surface area contributed by atoms with E-state index < -0.39 is 0 Å². The highest BCUT2D eigenvalue weighted by molar-refractivity contribution is 6.35. The van der Waals surface area contributed by atoms with E-state index in [4.69, 9.17) is 32.7 Å². The van der Waals surface area contributed by atoms with Gasteiger partial charge in [-0.1, -0.05) is 48.2 Å². The van der Waals surface area contributed by atoms with Crippen molar-refractivity contribution in [2.24, 2.45) is 0 Å². The average molecular weight is 394 g/mol. The third kappa shape index (κ3) is 5.06. The molecule has 0 atom stereocenters. The molecule has 1 aliphatic rings. The van der Waals surface area contributed by atoms with Gasteiger partial charge in [0, 0.05) is 28.2 Å². The molecule has 0 saturated heterocycles. The van der Waals surface area contributed by atoms with Gasteiger partial charge >= 0.3 is 0 Å². The summed E-state index contributed by atoms with van der Waals surface area (Å²) in [5, 5.41) is 4.84. The zero-order valence-corrected chi connectivity index (χ0v) is 16.6. The molecule has 0 amide bonds. The molecule has 140 valence electrons. The Morgan fingerprint density at radius 1 is 1.00 bits per heavy atom. The van der Waals surface area contributed by atoms with Gasteiger partial charge in [-0.05, 0) is 49.6 Å². The van der Waals surface area contributed by atoms with Crippen molar-refractivity contribution in [1.82, 2.24) is 5.32 Å². The van der Waals surface area contributed by atoms with Gasteiger partial charge in [0.25, 0.3) is 0 Å². The number of benzene rings is 2. The molecule has 26 heavy (non-hydrogen) atoms. The number of nitrogens with one attached hydrogen (secondary N) is 1. The van der Waals surface area contributed by atoms with E-state index in [9.17, 15) is 0 Å². The molecule has 1 saturated carbocycles. The highest BCUT2D eigenvalue weighted by Crippen LogP contribution is 2.32. The van der Waals surface area contributed by atoms with Crippen LogP contribution in [0.2, 0.25) is 10.0 Å². The van der Waals surface area contributed by atoms with Gasteiger partial charge in [0.2, 0.25) is 0 Å². The summed E-state index contributed by atoms with van der Waals surface area (Å²) in [6.07, 6.45) is 5.22. The third-order valence-electron chi connectivity index (χ3n) is 4.69. The van der Waals surface area contributed by atoms with Crippen LogP contribution < -0.4 is 14.8 Å². The van der Waals surface area contributed by atoms with Crippen LogP contribution in [0.5, 0.6) is 11.5 Å². The fourth-order valence-electron chi connectivity index (χ4n) is 3.26. The van der Waals surface area contributed by atoms with E-state index in [0.29, 0.717) is 35.1 Å². The van der Waals surface area contributed by atoms with Gasteiger partial charge in [-0.3, -0.25) is 0 Å². The number of hydrogen-bond donors (Lipinski definition) is 1. The van der Waals surface area contributed by atoms with Crippen molar-refractivity contribution in [3.05, 3.63) is 57.6 Å². The Labute approximate surface area is 165 Å². The van der Waals surface area contributed by atoms with Gasteiger partial charge < -0.3 is 14.8 Å². The summed E-state index contributed by atoms with van der Waals surface area (Å²) >= 11 is 12.4. The minimum atomic E-state index is 0.304. The van der Waals surface area contributed by atoms with Crippen LogP contribution >= 0.6 is 23.2 Å². The normalized spacial score (nSPS) is 14.6. The molecule has 5 heteroatoms. The molecule has 0 bridgehead atoms. The summed E-state index contributed by atoms with van der Waals surface area (Å²) < 4.78 is 11.7. The summed E-state index contributed by atoms with van der Waals surface area (Å²) in [5.41, 5.74) is 1.98. The van der Waals surface area contributed by atoms with Crippen molar-refractivity contribution in [2.45, 2.75) is 51.8 Å². The number of ether oxygens (including phenoxy) is 2. The van der Waals surface area contributed by atoms with Gasteiger partial charge in [-0.2, -0.15) is 0 Å². The van der Waals surface area contributed by atoms with E-state index >= 15 is 0 Å². The van der Waals surface area contributed by atoms with Crippen molar-refractivity contribution in [3.63, 3.8) is 0 Å². The van der Waals surface area contributed by atoms with Crippen molar-refractivity contribution < 1.29 is 9.47 Å². The summed E-state index contributed by atoms with van der Waals surface area (Å²) in [4.78, 5) is 0. The maximum Gasteiger partial charge on any atom is 0.161 e. The van der Waals surface area contributed by atoms with Gasteiger partial charge in [0.15, 0.2) is 11.5 Å². The van der Waals surface area contributed by atoms with Crippen LogP contribution in [-0.2, 0) is 13.2 Å². The predicted molar refractivity (Wildman–Crippen MR) is 108 cm³/mol. The smallest absolute Gasteiger partial charge is 0.161 e. The molecular formula is C21H25Cl2NO2. The second-order valence-corrected chi connectivity index (χ2v) is 7.38. The first-order valence-corrected chi connectivity index (χ1v) is 9.97. The molecule has 0 radical (unpaired) electrons. The Hall–Kier alpha value is -1.42. The molecule has 0 aromatic heterocycles. The largest absolute Gasteiger partial charge is 0.490 e. The molecule has 0 unspecified atom stereocenters. The Morgan fingerprint density at radius 3 is 2.42 bits per heavy atom. The van der Waals surface area contributed by atoms with E-state index in [1.54, 1.807) is 0 Å². The lowest BCUT2D eigenvalue weighted by molar-refractivity contribution is 0.269. The molecule has 0 spiro atoms. The molecule has 2 aromatic carbocycles. The number of hydrogen-bond acceptors (Lipinski definition) is 3. The average Bonchev–Trinajstić information content (AvgIpc) is 3.15. The van der Waals surface area contributed by atoms with Crippen LogP contribution in [0.3, 0.4) is 0 Å². The van der Waals surface area contributed by atoms with Crippen LogP contribution in [0, 0.1) is 0 Å². The molecule has 0 aliphatic heterocycles. The van der Waals surface area contributed by atoms with E-state index in [1.165, 1.54) is 31.2 Å². The minimum Gasteiger partial charge on any atom is -0.490 e. The predicted octanol–water partition coefficient (Wildman–Crippen LogP) is 6.00. The summed E-state index contributed by atoms with van der Waals surface area (Å²) in [7, 11) is 0. The van der Waals surface area contributed by atoms with E-state index in [1.807, 2.05) is 31.2 Å². The van der Waals surface area contributed by atoms with Crippen molar-refractivity contribution in [3.8, 4) is 11.5 Å². The summed E-state index contributed by atoms with van der Waals surface area (Å²) in [6, 6.07) is 12.2. The quantitative estimate of drug-likeness (QED) is 0.595. The SMILES string of the molecule is CCOc1cc(CNC2CCCC2)ccc1OCc1c(Cl)cccc1Cl. The highest BCUT2D eigenvalue weighted by Gasteiger charge is 2.15. The van der Waals surface area contributed by atoms with Gasteiger partial charge in [0.05, 0.1) is 6.61 Å². The maximum absolute atomic E-state index is 6.22. The second kappa shape index (κ2) is 9.50. The fourth-order valence-corrected chi connectivity index (χ4v) is 3.77. The first-order chi connectivity index (χ1) is 12.7. The van der Waals surface area contributed by atoms with E-state index in [0.717, 1.165) is 17.9 Å². The lowest BCUT2D eigenvalue weighted by Gasteiger charge is -2.16. The molecule has 2 aromatic rings. The zero-order valence-electron chi connectivity index (χ0n) is 15.1. The summed E-state index contributed by atoms with van der Waals surface area (Å²) in [6.45, 7) is 3.71. The minimum absolute atomic E-state index is 0.304. The molecule has 1 N–H and O–H groups in total. The standard InChI is InChI=1S/C21H25Cl2NO2/c1-2-25-21-12-15(13-24-16-6-3-4-7-16)10-11-20(21)26-14-17-18(22)8-5-9-19(17)23/h5,8-12,16,24H,2-4,6-7,13-14H2,1H3. The molecule has 1 fully saturated rings. The fraction of sp³-hybridized carbons (Fsp3) is 0.429. The lowest BCUT2D eigenvalue weighted by atomic mass is 10.1. The van der Waals surface area contributed by atoms with Crippen molar-refractivity contribution in [1.29, 1.82) is 0 Å². The first-order valence-electron chi connectivity index (χ1n) is 9.22. The molecule has 3 nitrogen and oxygen atoms in total. The molecule has 0 heterocycles. The van der Waals surface area contributed by atoms with Crippen molar-refractivity contribution >= 4 is 23.2 Å². The van der Waals surface area contributed by atoms with Crippen LogP contribution in [0.4, 0.5) is 0 Å². The van der Waals surface area contributed by atoms with E-state index in [-0.39, 0.29) is 0 Å². The summed E-state index contributed by atoms with van der Waals surface area (Å²) in [5.74, 6) is 1.45. The lowest BCUT2D eigenvalue weighted by Crippen LogP contribution is -2.25. The molecule has 3 rings (SSSR count). The Kier molecular flexibility index (Phi) is 7.07. The highest BCUT2D eigenvalue weighted by atomic mass is 35.5. The zero-order chi connectivity index (χ0) is 18.4. The topological polar surface area (TPSA) is 30.5 Å². The van der Waals surface area contributed by atoms with Gasteiger partial charge in [-0.25, -0.2) is 0 Å². The van der Waals surface area contributed by atoms with Crippen LogP contribution in [0.25, 0.3) is 0 Å². The molecular weight excluding hydrogens is 369 g/mol. The Morgan fingerprint density at radius 2 is 1.73 bits per heavy atom. The third-order valence-corrected chi connectivity index (χ3v) is 5.40. The number of rotatable bonds is 8. The monoisotopic (exact) mass is 393 g/mol. The van der Waals surface area contributed by atoms with Crippen molar-refractivity contribution in [2.75, 3.05) is 6.61 Å². The van der Waals surface area contributed by atoms with Gasteiger partial charge in [0.1, 0.15) is 6.61 Å². The number of halogens is 2. The van der Waals surface area contributed by atoms with Gasteiger partial charge in [-0.15, -0.1) is 0 Å². The van der Waals surface area contributed by atoms with E-state index in [2.05, 4.69) is 17.4 Å². The maximum atomic E-state index is 6.22. The Bertz CT molecular complexity index is 710. The molecule has 1 aliphatic carbocycles. The first kappa shape index (κ1) is 19.3. The Balaban J connectivity index is 1.67. The second-order valence-electron chi connectivity index (χ2n) is 6.57. The van der Waals surface area contributed by atoms with Crippen LogP contribution in [0.15, 0.2) is 36.4 Å². The van der Waals surface area contributed by atoms with Crippen LogP contribution in [-0.4, -0.2) is 12.6 Å². The van der Waals surface area contributed by atoms with Crippen LogP contribution in [0.1, 0.15) is 43.7 Å².